The summed E-state index contributed by atoms with van der Waals surface area (Å²) in [5.74, 6) is 0.711. The lowest BCUT2D eigenvalue weighted by atomic mass is 9.78. The van der Waals surface area contributed by atoms with E-state index >= 15 is 0 Å². The molecule has 6 aromatic rings. The Morgan fingerprint density at radius 1 is 0.488 bits per heavy atom. The van der Waals surface area contributed by atoms with E-state index in [9.17, 15) is 0 Å². The zero-order valence-corrected chi connectivity index (χ0v) is 24.9. The van der Waals surface area contributed by atoms with Gasteiger partial charge in [0.2, 0.25) is 0 Å². The van der Waals surface area contributed by atoms with Crippen molar-refractivity contribution in [2.75, 3.05) is 0 Å². The molecule has 0 N–H and O–H groups in total. The summed E-state index contributed by atoms with van der Waals surface area (Å²) in [6.07, 6.45) is 0. The van der Waals surface area contributed by atoms with Crippen molar-refractivity contribution < 1.29 is 9.31 Å². The SMILES string of the molecule is CC1(C)OB(c2ccc(-c3ccc(-c4cc(-c5ccccc5)nc(-c5ccccc5)n4)c4ccccc34)cc2)OC1(C)C. The predicted octanol–water partition coefficient (Wildman–Crippen LogP) is 8.60. The Hall–Kier alpha value is -4.58. The van der Waals surface area contributed by atoms with Crippen LogP contribution < -0.4 is 5.46 Å². The van der Waals surface area contributed by atoms with E-state index in [1.165, 1.54) is 10.9 Å². The van der Waals surface area contributed by atoms with Crippen LogP contribution in [-0.4, -0.2) is 28.3 Å². The Morgan fingerprint density at radius 3 is 1.63 bits per heavy atom. The van der Waals surface area contributed by atoms with Crippen LogP contribution in [-0.2, 0) is 9.31 Å². The van der Waals surface area contributed by atoms with Crippen LogP contribution in [0.3, 0.4) is 0 Å². The van der Waals surface area contributed by atoms with Crippen LogP contribution in [0.25, 0.3) is 55.8 Å². The molecule has 0 amide bonds. The van der Waals surface area contributed by atoms with Crippen molar-refractivity contribution in [3.8, 4) is 45.0 Å². The molecule has 1 fully saturated rings. The molecule has 4 nitrogen and oxygen atoms in total. The third kappa shape index (κ3) is 5.05. The molecule has 1 aliphatic heterocycles. The Morgan fingerprint density at radius 2 is 1.00 bits per heavy atom. The van der Waals surface area contributed by atoms with Crippen LogP contribution in [0.2, 0.25) is 0 Å². The molecule has 0 aliphatic carbocycles. The summed E-state index contributed by atoms with van der Waals surface area (Å²) >= 11 is 0. The van der Waals surface area contributed by atoms with Gasteiger partial charge in [0, 0.05) is 16.7 Å². The van der Waals surface area contributed by atoms with Crippen LogP contribution in [0.4, 0.5) is 0 Å². The van der Waals surface area contributed by atoms with E-state index in [1.54, 1.807) is 0 Å². The van der Waals surface area contributed by atoms with E-state index < -0.39 is 0 Å². The zero-order chi connectivity index (χ0) is 29.6. The smallest absolute Gasteiger partial charge is 0.399 e. The van der Waals surface area contributed by atoms with Gasteiger partial charge < -0.3 is 9.31 Å². The van der Waals surface area contributed by atoms with Crippen molar-refractivity contribution >= 4 is 23.4 Å². The van der Waals surface area contributed by atoms with E-state index in [2.05, 4.69) is 119 Å². The molecule has 1 aromatic heterocycles. The van der Waals surface area contributed by atoms with Gasteiger partial charge in [0.1, 0.15) is 0 Å². The predicted molar refractivity (Wildman–Crippen MR) is 177 cm³/mol. The molecule has 7 rings (SSSR count). The fourth-order valence-corrected chi connectivity index (χ4v) is 5.63. The van der Waals surface area contributed by atoms with Gasteiger partial charge in [-0.15, -0.1) is 0 Å². The molecule has 5 aromatic carbocycles. The third-order valence-corrected chi connectivity index (χ3v) is 8.77. The molecule has 0 saturated carbocycles. The van der Waals surface area contributed by atoms with Gasteiger partial charge in [0.05, 0.1) is 22.6 Å². The second-order valence-electron chi connectivity index (χ2n) is 12.1. The number of nitrogens with zero attached hydrogens (tertiary/aromatic N) is 2. The number of rotatable bonds is 5. The van der Waals surface area contributed by atoms with Gasteiger partial charge in [0.15, 0.2) is 5.82 Å². The molecule has 2 heterocycles. The monoisotopic (exact) mass is 560 g/mol. The fourth-order valence-electron chi connectivity index (χ4n) is 5.63. The van der Waals surface area contributed by atoms with Crippen LogP contribution in [0.15, 0.2) is 127 Å². The minimum absolute atomic E-state index is 0.371. The van der Waals surface area contributed by atoms with Crippen molar-refractivity contribution in [2.45, 2.75) is 38.9 Å². The quantitative estimate of drug-likeness (QED) is 0.198. The number of fused-ring (bicyclic) bond motifs is 1. The molecule has 43 heavy (non-hydrogen) atoms. The van der Waals surface area contributed by atoms with Gasteiger partial charge in [-0.25, -0.2) is 9.97 Å². The maximum atomic E-state index is 6.28. The highest BCUT2D eigenvalue weighted by atomic mass is 16.7. The Bertz CT molecular complexity index is 1850. The normalized spacial score (nSPS) is 15.6. The maximum Gasteiger partial charge on any atom is 0.494 e. The van der Waals surface area contributed by atoms with Crippen LogP contribution in [0.5, 0.6) is 0 Å². The van der Waals surface area contributed by atoms with Gasteiger partial charge >= 0.3 is 7.12 Å². The first-order valence-corrected chi connectivity index (χ1v) is 14.8. The second-order valence-corrected chi connectivity index (χ2v) is 12.1. The van der Waals surface area contributed by atoms with E-state index in [0.29, 0.717) is 5.82 Å². The van der Waals surface area contributed by atoms with Gasteiger partial charge in [0.25, 0.3) is 0 Å². The van der Waals surface area contributed by atoms with Crippen molar-refractivity contribution in [1.29, 1.82) is 0 Å². The van der Waals surface area contributed by atoms with Crippen LogP contribution in [0, 0.1) is 0 Å². The van der Waals surface area contributed by atoms with Crippen LogP contribution in [0.1, 0.15) is 27.7 Å². The van der Waals surface area contributed by atoms with Gasteiger partial charge in [-0.2, -0.15) is 0 Å². The Balaban J connectivity index is 1.31. The Labute approximate surface area is 253 Å². The van der Waals surface area contributed by atoms with Gasteiger partial charge in [-0.3, -0.25) is 0 Å². The van der Waals surface area contributed by atoms with E-state index in [1.807, 2.05) is 36.4 Å². The fraction of sp³-hybridized carbons (Fsp3) is 0.158. The summed E-state index contributed by atoms with van der Waals surface area (Å²) < 4.78 is 12.6. The molecule has 5 heteroatoms. The first-order chi connectivity index (χ1) is 20.8. The minimum atomic E-state index is -0.381. The molecular weight excluding hydrogens is 527 g/mol. The maximum absolute atomic E-state index is 6.28. The molecule has 0 spiro atoms. The summed E-state index contributed by atoms with van der Waals surface area (Å²) in [5, 5.41) is 2.32. The summed E-state index contributed by atoms with van der Waals surface area (Å²) in [4.78, 5) is 10.1. The van der Waals surface area contributed by atoms with E-state index in [-0.39, 0.29) is 18.3 Å². The van der Waals surface area contributed by atoms with Gasteiger partial charge in [-0.05, 0) is 61.1 Å². The highest BCUT2D eigenvalue weighted by Crippen LogP contribution is 2.38. The average molecular weight is 561 g/mol. The van der Waals surface area contributed by atoms with Crippen molar-refractivity contribution in [1.82, 2.24) is 9.97 Å². The second kappa shape index (κ2) is 10.6. The summed E-state index contributed by atoms with van der Waals surface area (Å²) in [5.41, 5.74) is 7.50. The lowest BCUT2D eigenvalue weighted by Crippen LogP contribution is -2.41. The topological polar surface area (TPSA) is 44.2 Å². The molecule has 210 valence electrons. The lowest BCUT2D eigenvalue weighted by Gasteiger charge is -2.32. The molecule has 0 bridgehead atoms. The molecule has 0 radical (unpaired) electrons. The standard InChI is InChI=1S/C38H33BN2O2/c1-37(2)38(3,4)43-39(42-37)29-21-19-26(20-22-29)30-23-24-33(32-18-12-11-17-31(30)32)35-25-34(27-13-7-5-8-14-27)40-36(41-35)28-15-9-6-10-16-28/h5-25H,1-4H3. The minimum Gasteiger partial charge on any atom is -0.399 e. The van der Waals surface area contributed by atoms with Gasteiger partial charge in [-0.1, -0.05) is 121 Å². The number of benzene rings is 5. The molecular formula is C38H33BN2O2. The largest absolute Gasteiger partial charge is 0.494 e. The van der Waals surface area contributed by atoms with Crippen molar-refractivity contribution in [3.63, 3.8) is 0 Å². The average Bonchev–Trinajstić information content (AvgIpc) is 3.27. The third-order valence-electron chi connectivity index (χ3n) is 8.77. The first-order valence-electron chi connectivity index (χ1n) is 14.8. The van der Waals surface area contributed by atoms with Crippen LogP contribution >= 0.6 is 0 Å². The summed E-state index contributed by atoms with van der Waals surface area (Å²) in [7, 11) is -0.381. The first kappa shape index (κ1) is 27.3. The highest BCUT2D eigenvalue weighted by Gasteiger charge is 2.51. The molecule has 1 aliphatic rings. The lowest BCUT2D eigenvalue weighted by molar-refractivity contribution is 0.00578. The summed E-state index contributed by atoms with van der Waals surface area (Å²) in [6, 6.07) is 44.1. The highest BCUT2D eigenvalue weighted by molar-refractivity contribution is 6.62. The van der Waals surface area contributed by atoms with E-state index in [0.717, 1.165) is 44.5 Å². The van der Waals surface area contributed by atoms with E-state index in [4.69, 9.17) is 19.3 Å². The van der Waals surface area contributed by atoms with Crippen molar-refractivity contribution in [2.24, 2.45) is 0 Å². The van der Waals surface area contributed by atoms with Crippen molar-refractivity contribution in [3.05, 3.63) is 127 Å². The number of hydrogen-bond donors (Lipinski definition) is 0. The zero-order valence-electron chi connectivity index (χ0n) is 24.9. The molecule has 0 atom stereocenters. The molecule has 1 saturated heterocycles. The number of aromatic nitrogens is 2. The Kier molecular flexibility index (Phi) is 6.73. The summed E-state index contributed by atoms with van der Waals surface area (Å²) in [6.45, 7) is 8.33. The molecule has 0 unspecified atom stereocenters. The number of hydrogen-bond acceptors (Lipinski definition) is 4.